The first-order valence-corrected chi connectivity index (χ1v) is 8.02. The zero-order valence-corrected chi connectivity index (χ0v) is 13.0. The molecule has 0 amide bonds. The Balaban J connectivity index is 2.06. The quantitative estimate of drug-likeness (QED) is 0.549. The van der Waals surface area contributed by atoms with Crippen molar-refractivity contribution >= 4 is 0 Å². The van der Waals surface area contributed by atoms with E-state index in [1.807, 2.05) is 0 Å². The van der Waals surface area contributed by atoms with Crippen LogP contribution in [0.3, 0.4) is 0 Å². The molecule has 2 aliphatic rings. The summed E-state index contributed by atoms with van der Waals surface area (Å²) in [6, 6.07) is 0. The van der Waals surface area contributed by atoms with E-state index in [0.29, 0.717) is 10.8 Å². The molecular weight excluding hydrogens is 216 g/mol. The summed E-state index contributed by atoms with van der Waals surface area (Å²) in [7, 11) is 0. The van der Waals surface area contributed by atoms with Gasteiger partial charge < -0.3 is 0 Å². The first-order valence-electron chi connectivity index (χ1n) is 8.02. The molecule has 0 radical (unpaired) electrons. The van der Waals surface area contributed by atoms with E-state index in [1.165, 1.54) is 44.9 Å². The Morgan fingerprint density at radius 2 is 1.89 bits per heavy atom. The third kappa shape index (κ3) is 2.53. The molecule has 2 rings (SSSR count). The molecule has 0 aromatic rings. The van der Waals surface area contributed by atoms with Crippen LogP contribution in [0.2, 0.25) is 0 Å². The van der Waals surface area contributed by atoms with Crippen molar-refractivity contribution in [2.75, 3.05) is 0 Å². The van der Waals surface area contributed by atoms with E-state index in [0.717, 1.165) is 17.8 Å². The van der Waals surface area contributed by atoms with Gasteiger partial charge in [0.1, 0.15) is 0 Å². The molecule has 0 heteroatoms. The van der Waals surface area contributed by atoms with Gasteiger partial charge in [0.25, 0.3) is 0 Å². The predicted molar refractivity (Wildman–Crippen MR) is 80.5 cm³/mol. The van der Waals surface area contributed by atoms with Crippen LogP contribution in [0, 0.1) is 28.6 Å². The molecule has 2 saturated carbocycles. The molecule has 2 fully saturated rings. The van der Waals surface area contributed by atoms with Crippen LogP contribution in [0.4, 0.5) is 0 Å². The third-order valence-corrected chi connectivity index (χ3v) is 6.26. The van der Waals surface area contributed by atoms with E-state index in [-0.39, 0.29) is 0 Å². The van der Waals surface area contributed by atoms with Gasteiger partial charge in [-0.15, -0.1) is 6.58 Å². The largest absolute Gasteiger partial charge is 0.103 e. The standard InChI is InChI=1S/C18H32/c1-6-15-9-7-10-16(15)13-18(11-8-12-18)14(2)17(3,4)5/h6,14-16H,1,7-13H2,2-5H3. The van der Waals surface area contributed by atoms with Crippen molar-refractivity contribution < 1.29 is 0 Å². The lowest BCUT2D eigenvalue weighted by Gasteiger charge is -2.53. The van der Waals surface area contributed by atoms with Gasteiger partial charge in [0, 0.05) is 0 Å². The van der Waals surface area contributed by atoms with Crippen LogP contribution in [0.1, 0.15) is 72.6 Å². The lowest BCUT2D eigenvalue weighted by atomic mass is 9.52. The highest BCUT2D eigenvalue weighted by Gasteiger charge is 2.48. The van der Waals surface area contributed by atoms with Gasteiger partial charge >= 0.3 is 0 Å². The van der Waals surface area contributed by atoms with Gasteiger partial charge in [0.15, 0.2) is 0 Å². The van der Waals surface area contributed by atoms with Crippen LogP contribution in [0.25, 0.3) is 0 Å². The van der Waals surface area contributed by atoms with E-state index in [9.17, 15) is 0 Å². The summed E-state index contributed by atoms with van der Waals surface area (Å²) >= 11 is 0. The first-order chi connectivity index (χ1) is 8.39. The minimum atomic E-state index is 0.461. The van der Waals surface area contributed by atoms with Crippen LogP contribution in [-0.2, 0) is 0 Å². The molecule has 0 aliphatic heterocycles. The predicted octanol–water partition coefficient (Wildman–Crippen LogP) is 5.83. The van der Waals surface area contributed by atoms with E-state index in [4.69, 9.17) is 0 Å². The summed E-state index contributed by atoms with van der Waals surface area (Å²) in [5, 5.41) is 0. The van der Waals surface area contributed by atoms with Crippen LogP contribution in [0.15, 0.2) is 12.7 Å². The van der Waals surface area contributed by atoms with Crippen molar-refractivity contribution in [2.45, 2.75) is 72.6 Å². The normalized spacial score (nSPS) is 32.9. The van der Waals surface area contributed by atoms with Crippen molar-refractivity contribution in [3.63, 3.8) is 0 Å². The minimum absolute atomic E-state index is 0.461. The highest BCUT2D eigenvalue weighted by atomic mass is 14.5. The third-order valence-electron chi connectivity index (χ3n) is 6.26. The van der Waals surface area contributed by atoms with Gasteiger partial charge in [0.2, 0.25) is 0 Å². The number of hydrogen-bond donors (Lipinski definition) is 0. The number of hydrogen-bond acceptors (Lipinski definition) is 0. The molecule has 0 heterocycles. The Kier molecular flexibility index (Phi) is 3.95. The second-order valence-electron chi connectivity index (χ2n) is 8.10. The summed E-state index contributed by atoms with van der Waals surface area (Å²) in [5.41, 5.74) is 1.12. The fourth-order valence-electron chi connectivity index (χ4n) is 4.51. The Morgan fingerprint density at radius 1 is 1.22 bits per heavy atom. The molecule has 0 nitrogen and oxygen atoms in total. The maximum atomic E-state index is 4.06. The lowest BCUT2D eigenvalue weighted by molar-refractivity contribution is -0.0282. The summed E-state index contributed by atoms with van der Waals surface area (Å²) in [6.07, 6.45) is 12.4. The van der Waals surface area contributed by atoms with Crippen LogP contribution < -0.4 is 0 Å². The molecule has 2 aliphatic carbocycles. The molecule has 0 spiro atoms. The van der Waals surface area contributed by atoms with E-state index >= 15 is 0 Å². The van der Waals surface area contributed by atoms with Crippen LogP contribution >= 0.6 is 0 Å². The fraction of sp³-hybridized carbons (Fsp3) is 0.889. The zero-order valence-electron chi connectivity index (χ0n) is 13.0. The van der Waals surface area contributed by atoms with E-state index in [1.54, 1.807) is 0 Å². The molecule has 18 heavy (non-hydrogen) atoms. The molecular formula is C18H32. The van der Waals surface area contributed by atoms with Gasteiger partial charge in [-0.05, 0) is 60.7 Å². The molecule has 0 aromatic carbocycles. The lowest BCUT2D eigenvalue weighted by Crippen LogP contribution is -2.43. The smallest absolute Gasteiger partial charge is 0.0208 e. The molecule has 0 N–H and O–H groups in total. The Morgan fingerprint density at radius 3 is 2.33 bits per heavy atom. The van der Waals surface area contributed by atoms with Gasteiger partial charge in [-0.25, -0.2) is 0 Å². The van der Waals surface area contributed by atoms with Crippen LogP contribution in [-0.4, -0.2) is 0 Å². The first kappa shape index (κ1) is 14.2. The highest BCUT2D eigenvalue weighted by molar-refractivity contribution is 5.00. The van der Waals surface area contributed by atoms with Gasteiger partial charge in [-0.2, -0.15) is 0 Å². The second kappa shape index (κ2) is 5.02. The summed E-state index contributed by atoms with van der Waals surface area (Å²) in [4.78, 5) is 0. The topological polar surface area (TPSA) is 0 Å². The van der Waals surface area contributed by atoms with Crippen molar-refractivity contribution in [3.8, 4) is 0 Å². The summed E-state index contributed by atoms with van der Waals surface area (Å²) < 4.78 is 0. The molecule has 0 aromatic heterocycles. The Bertz CT molecular complexity index is 290. The number of allylic oxidation sites excluding steroid dienone is 1. The van der Waals surface area contributed by atoms with Crippen molar-refractivity contribution in [3.05, 3.63) is 12.7 Å². The highest BCUT2D eigenvalue weighted by Crippen LogP contribution is 2.58. The Hall–Kier alpha value is -0.260. The van der Waals surface area contributed by atoms with Crippen LogP contribution in [0.5, 0.6) is 0 Å². The van der Waals surface area contributed by atoms with E-state index in [2.05, 4.69) is 40.3 Å². The molecule has 0 bridgehead atoms. The van der Waals surface area contributed by atoms with Crippen molar-refractivity contribution in [2.24, 2.45) is 28.6 Å². The maximum Gasteiger partial charge on any atom is -0.0208 e. The monoisotopic (exact) mass is 248 g/mol. The summed E-state index contributed by atoms with van der Waals surface area (Å²) in [6.45, 7) is 13.9. The van der Waals surface area contributed by atoms with Crippen molar-refractivity contribution in [1.29, 1.82) is 0 Å². The average Bonchev–Trinajstić information content (AvgIpc) is 2.68. The van der Waals surface area contributed by atoms with Gasteiger partial charge in [-0.1, -0.05) is 46.6 Å². The second-order valence-corrected chi connectivity index (χ2v) is 8.10. The molecule has 3 atom stereocenters. The van der Waals surface area contributed by atoms with Gasteiger partial charge in [0.05, 0.1) is 0 Å². The summed E-state index contributed by atoms with van der Waals surface area (Å²) in [5.74, 6) is 2.60. The maximum absolute atomic E-state index is 4.06. The molecule has 104 valence electrons. The molecule has 3 unspecified atom stereocenters. The Labute approximate surface area is 114 Å². The van der Waals surface area contributed by atoms with E-state index < -0.39 is 0 Å². The minimum Gasteiger partial charge on any atom is -0.103 e. The SMILES string of the molecule is C=CC1CCCC1CC1(C(C)C(C)(C)C)CCC1. The van der Waals surface area contributed by atoms with Gasteiger partial charge in [-0.3, -0.25) is 0 Å². The fourth-order valence-corrected chi connectivity index (χ4v) is 4.51. The zero-order chi connectivity index (χ0) is 13.4. The average molecular weight is 248 g/mol. The van der Waals surface area contributed by atoms with Crippen molar-refractivity contribution in [1.82, 2.24) is 0 Å². The number of rotatable bonds is 4. The molecule has 0 saturated heterocycles.